The number of carboxylic acids is 3. The number of rotatable bonds is 10. The number of hydrogen-bond donors (Lipinski definition) is 4. The number of aliphatic hydroxyl groups excluding tert-OH is 1. The molecule has 0 aliphatic heterocycles. The lowest BCUT2D eigenvalue weighted by atomic mass is 9.94. The van der Waals surface area contributed by atoms with Crippen molar-refractivity contribution in [3.05, 3.63) is 140 Å². The first-order valence-electron chi connectivity index (χ1n) is 17.8. The summed E-state index contributed by atoms with van der Waals surface area (Å²) in [7, 11) is 1.00. The second-order valence-corrected chi connectivity index (χ2v) is 14.1. The third-order valence-corrected chi connectivity index (χ3v) is 9.87. The zero-order valence-corrected chi connectivity index (χ0v) is 35.1. The van der Waals surface area contributed by atoms with E-state index in [-0.39, 0.29) is 12.8 Å². The summed E-state index contributed by atoms with van der Waals surface area (Å²) in [5, 5.41) is 34.1. The van der Waals surface area contributed by atoms with Gasteiger partial charge in [0.1, 0.15) is 0 Å². The molecule has 0 aliphatic rings. The third kappa shape index (κ3) is 17.9. The van der Waals surface area contributed by atoms with Gasteiger partial charge in [0.05, 0.1) is 0 Å². The summed E-state index contributed by atoms with van der Waals surface area (Å²) in [6.45, 7) is 21.1. The topological polar surface area (TPSA) is 132 Å². The molecule has 4 rings (SSSR count). The van der Waals surface area contributed by atoms with Crippen LogP contribution in [0.2, 0.25) is 0 Å². The summed E-state index contributed by atoms with van der Waals surface area (Å²) in [6.07, 6.45) is 2.07. The minimum Gasteiger partial charge on any atom is -0.481 e. The Labute approximate surface area is 326 Å². The van der Waals surface area contributed by atoms with Crippen LogP contribution in [0.5, 0.6) is 0 Å². The van der Waals surface area contributed by atoms with E-state index in [2.05, 4.69) is 93.9 Å². The number of carboxylic acid groups (broad SMARTS) is 3. The number of benzene rings is 4. The van der Waals surface area contributed by atoms with Gasteiger partial charge in [0.25, 0.3) is 0 Å². The molecule has 0 heterocycles. The Balaban J connectivity index is 0.000000677. The predicted octanol–water partition coefficient (Wildman–Crippen LogP) is 10.3. The van der Waals surface area contributed by atoms with Crippen molar-refractivity contribution in [1.82, 2.24) is 0 Å². The van der Waals surface area contributed by atoms with Crippen LogP contribution in [0.1, 0.15) is 87.0 Å². The van der Waals surface area contributed by atoms with Gasteiger partial charge >= 0.3 is 17.9 Å². The molecule has 0 aromatic heterocycles. The molecule has 4 aromatic rings. The first-order chi connectivity index (χ1) is 24.9. The first-order valence-corrected chi connectivity index (χ1v) is 18.9. The maximum atomic E-state index is 10.8. The summed E-state index contributed by atoms with van der Waals surface area (Å²) < 4.78 is 0. The third-order valence-electron chi connectivity index (χ3n) is 9.27. The largest absolute Gasteiger partial charge is 0.481 e. The Bertz CT molecular complexity index is 1730. The summed E-state index contributed by atoms with van der Waals surface area (Å²) in [6, 6.07) is 24.4. The van der Waals surface area contributed by atoms with E-state index in [1.165, 1.54) is 50.9 Å². The number of hydrogen-bond acceptors (Lipinski definition) is 4. The molecule has 53 heavy (non-hydrogen) atoms. The lowest BCUT2D eigenvalue weighted by Gasteiger charge is -2.11. The fourth-order valence-electron chi connectivity index (χ4n) is 5.29. The van der Waals surface area contributed by atoms with Crippen LogP contribution in [0.25, 0.3) is 0 Å². The Morgan fingerprint density at radius 3 is 1.17 bits per heavy atom. The number of halogens is 1. The minimum atomic E-state index is -1.37. The van der Waals surface area contributed by atoms with E-state index >= 15 is 0 Å². The highest BCUT2D eigenvalue weighted by atomic mass is 79.9. The number of alkyl halides is 1. The fraction of sp³-hybridized carbons (Fsp3) is 0.400. The standard InChI is InChI=1S/C12H14O4.C12H18.C11H14O2.C9H11Br.CH4O/c1-7-4-3-5-9(8(7)2)6-10(11(13)14)12(15)16;1-9(2)8-12-7-5-6-10(3)11(12)4;1-8-4-3-5-10(9(8)2)6-7-11(12)13;1-7-4-3-5-9(6-10)8(7)2;1-2/h3-5,10H,6H2,1-2H3,(H,13,14)(H,15,16);5-7,9H,8H2,1-4H3;3-5H,6-7H2,1-2H3,(H,12,13);3-5H,6H2,1-2H3;2H,1H3. The lowest BCUT2D eigenvalue weighted by molar-refractivity contribution is -0.154. The summed E-state index contributed by atoms with van der Waals surface area (Å²) in [4.78, 5) is 31.9. The summed E-state index contributed by atoms with van der Waals surface area (Å²) >= 11 is 3.44. The van der Waals surface area contributed by atoms with Crippen LogP contribution < -0.4 is 0 Å². The van der Waals surface area contributed by atoms with Crippen molar-refractivity contribution in [3.63, 3.8) is 0 Å². The second-order valence-electron chi connectivity index (χ2n) is 13.5. The molecule has 0 bridgehead atoms. The Kier molecular flexibility index (Phi) is 23.6. The Morgan fingerprint density at radius 1 is 0.528 bits per heavy atom. The van der Waals surface area contributed by atoms with E-state index in [1.54, 1.807) is 12.1 Å². The van der Waals surface area contributed by atoms with Gasteiger partial charge in [-0.25, -0.2) is 0 Å². The van der Waals surface area contributed by atoms with Crippen LogP contribution in [0.4, 0.5) is 0 Å². The van der Waals surface area contributed by atoms with Crippen LogP contribution >= 0.6 is 15.9 Å². The highest BCUT2D eigenvalue weighted by Gasteiger charge is 2.26. The molecular formula is C45H61BrO7. The molecule has 0 saturated carbocycles. The van der Waals surface area contributed by atoms with Gasteiger partial charge in [-0.15, -0.1) is 0 Å². The molecule has 0 aliphatic carbocycles. The van der Waals surface area contributed by atoms with E-state index in [4.69, 9.17) is 20.4 Å². The number of carbonyl (C=O) groups is 3. The van der Waals surface area contributed by atoms with E-state index < -0.39 is 23.8 Å². The molecule has 4 N–H and O–H groups in total. The molecule has 290 valence electrons. The molecule has 0 atom stereocenters. The normalized spacial score (nSPS) is 10.0. The molecule has 4 aromatic carbocycles. The van der Waals surface area contributed by atoms with Gasteiger partial charge in [0, 0.05) is 18.9 Å². The molecular weight excluding hydrogens is 732 g/mol. The molecule has 0 fully saturated rings. The SMILES string of the molecule is CO.Cc1cccc(CBr)c1C.Cc1cccc(CC(C(=O)O)C(=O)O)c1C.Cc1cccc(CC(C)C)c1C.Cc1cccc(CCC(=O)O)c1C. The van der Waals surface area contributed by atoms with Gasteiger partial charge in [-0.05, 0) is 147 Å². The van der Waals surface area contributed by atoms with Crippen molar-refractivity contribution in [2.75, 3.05) is 7.11 Å². The van der Waals surface area contributed by atoms with E-state index in [1.807, 2.05) is 52.0 Å². The maximum absolute atomic E-state index is 10.8. The fourth-order valence-corrected chi connectivity index (χ4v) is 5.89. The van der Waals surface area contributed by atoms with Crippen molar-refractivity contribution in [3.8, 4) is 0 Å². The maximum Gasteiger partial charge on any atom is 0.318 e. The van der Waals surface area contributed by atoms with Gasteiger partial charge in [0.15, 0.2) is 5.92 Å². The molecule has 0 radical (unpaired) electrons. The van der Waals surface area contributed by atoms with Gasteiger partial charge < -0.3 is 20.4 Å². The van der Waals surface area contributed by atoms with E-state index in [9.17, 15) is 14.4 Å². The van der Waals surface area contributed by atoms with Gasteiger partial charge in [0.2, 0.25) is 0 Å². The highest BCUT2D eigenvalue weighted by Crippen LogP contribution is 2.19. The van der Waals surface area contributed by atoms with E-state index in [0.717, 1.165) is 40.6 Å². The van der Waals surface area contributed by atoms with Gasteiger partial charge in [-0.3, -0.25) is 14.4 Å². The van der Waals surface area contributed by atoms with Crippen molar-refractivity contribution in [2.45, 2.75) is 100 Å². The Hall–Kier alpha value is -4.27. The number of aliphatic carboxylic acids is 3. The smallest absolute Gasteiger partial charge is 0.318 e. The summed E-state index contributed by atoms with van der Waals surface area (Å²) in [5.41, 5.74) is 14.9. The molecule has 0 unspecified atom stereocenters. The average Bonchev–Trinajstić information content (AvgIpc) is 3.10. The molecule has 0 saturated heterocycles. The van der Waals surface area contributed by atoms with Crippen molar-refractivity contribution >= 4 is 33.8 Å². The van der Waals surface area contributed by atoms with Crippen molar-refractivity contribution < 1.29 is 34.8 Å². The van der Waals surface area contributed by atoms with Crippen molar-refractivity contribution in [2.24, 2.45) is 11.8 Å². The number of aryl methyl sites for hydroxylation is 5. The molecule has 7 nitrogen and oxygen atoms in total. The van der Waals surface area contributed by atoms with Crippen LogP contribution in [-0.2, 0) is 39.0 Å². The minimum absolute atomic E-state index is 0.0260. The molecule has 8 heteroatoms. The zero-order valence-electron chi connectivity index (χ0n) is 33.5. The summed E-state index contributed by atoms with van der Waals surface area (Å²) in [5.74, 6) is -3.95. The van der Waals surface area contributed by atoms with Gasteiger partial charge in [-0.1, -0.05) is 103 Å². The van der Waals surface area contributed by atoms with Crippen LogP contribution in [0.15, 0.2) is 72.8 Å². The van der Waals surface area contributed by atoms with Crippen LogP contribution in [0, 0.1) is 67.2 Å². The first kappa shape index (κ1) is 48.7. The van der Waals surface area contributed by atoms with Crippen molar-refractivity contribution in [1.29, 1.82) is 0 Å². The second kappa shape index (κ2) is 25.7. The highest BCUT2D eigenvalue weighted by molar-refractivity contribution is 9.08. The van der Waals surface area contributed by atoms with Gasteiger partial charge in [-0.2, -0.15) is 0 Å². The number of aliphatic hydroxyl groups is 1. The monoisotopic (exact) mass is 792 g/mol. The lowest BCUT2D eigenvalue weighted by Crippen LogP contribution is -2.25. The molecule has 0 spiro atoms. The van der Waals surface area contributed by atoms with Crippen LogP contribution in [-0.4, -0.2) is 45.4 Å². The zero-order chi connectivity index (χ0) is 40.8. The quantitative estimate of drug-likeness (QED) is 0.0928. The average molecular weight is 794 g/mol. The van der Waals surface area contributed by atoms with Crippen LogP contribution in [0.3, 0.4) is 0 Å². The predicted molar refractivity (Wildman–Crippen MR) is 221 cm³/mol. The van der Waals surface area contributed by atoms with E-state index in [0.29, 0.717) is 6.42 Å². The Morgan fingerprint density at radius 2 is 0.849 bits per heavy atom. The molecule has 0 amide bonds.